The maximum absolute atomic E-state index is 5.23. The van der Waals surface area contributed by atoms with Crippen LogP contribution in [-0.4, -0.2) is 14.2 Å². The van der Waals surface area contributed by atoms with Gasteiger partial charge in [-0.05, 0) is 58.7 Å². The van der Waals surface area contributed by atoms with Crippen molar-refractivity contribution in [3.63, 3.8) is 0 Å². The summed E-state index contributed by atoms with van der Waals surface area (Å²) in [7, 11) is 3.33. The van der Waals surface area contributed by atoms with Gasteiger partial charge < -0.3 is 14.8 Å². The van der Waals surface area contributed by atoms with Crippen LogP contribution in [0.1, 0.15) is 18.5 Å². The summed E-state index contributed by atoms with van der Waals surface area (Å²) in [5.41, 5.74) is 2.25. The van der Waals surface area contributed by atoms with Gasteiger partial charge >= 0.3 is 0 Å². The molecule has 0 radical (unpaired) electrons. The van der Waals surface area contributed by atoms with Gasteiger partial charge in [0, 0.05) is 11.7 Å². The van der Waals surface area contributed by atoms with Crippen LogP contribution in [0.4, 0.5) is 5.69 Å². The molecular formula is C16H18BrNO2. The third-order valence-electron chi connectivity index (χ3n) is 3.15. The van der Waals surface area contributed by atoms with Crippen molar-refractivity contribution in [1.29, 1.82) is 0 Å². The van der Waals surface area contributed by atoms with Gasteiger partial charge in [-0.15, -0.1) is 0 Å². The van der Waals surface area contributed by atoms with Crippen LogP contribution in [0.15, 0.2) is 46.9 Å². The van der Waals surface area contributed by atoms with Gasteiger partial charge in [0.15, 0.2) is 0 Å². The number of hydrogen-bond acceptors (Lipinski definition) is 3. The average Bonchev–Trinajstić information content (AvgIpc) is 2.47. The lowest BCUT2D eigenvalue weighted by atomic mass is 10.1. The Morgan fingerprint density at radius 2 is 1.70 bits per heavy atom. The number of halogens is 1. The Morgan fingerprint density at radius 1 is 1.00 bits per heavy atom. The summed E-state index contributed by atoms with van der Waals surface area (Å²) in [6.07, 6.45) is 0. The summed E-state index contributed by atoms with van der Waals surface area (Å²) < 4.78 is 11.3. The lowest BCUT2D eigenvalue weighted by Crippen LogP contribution is -2.06. The fourth-order valence-electron chi connectivity index (χ4n) is 1.98. The average molecular weight is 336 g/mol. The smallest absolute Gasteiger partial charge is 0.133 e. The molecule has 1 unspecified atom stereocenters. The van der Waals surface area contributed by atoms with Crippen LogP contribution in [0.25, 0.3) is 0 Å². The fraction of sp³-hybridized carbons (Fsp3) is 0.250. The first kappa shape index (κ1) is 14.7. The van der Waals surface area contributed by atoms with Crippen LogP contribution in [0, 0.1) is 0 Å². The van der Waals surface area contributed by atoms with Crippen LogP contribution >= 0.6 is 15.9 Å². The molecule has 0 aromatic heterocycles. The summed E-state index contributed by atoms with van der Waals surface area (Å²) in [6.45, 7) is 2.12. The van der Waals surface area contributed by atoms with Crippen LogP contribution < -0.4 is 14.8 Å². The van der Waals surface area contributed by atoms with E-state index in [-0.39, 0.29) is 6.04 Å². The van der Waals surface area contributed by atoms with E-state index in [0.29, 0.717) is 0 Å². The summed E-state index contributed by atoms with van der Waals surface area (Å²) in [4.78, 5) is 0. The SMILES string of the molecule is COc1ccc(C(C)Nc2ccc(OC)c(Br)c2)cc1. The molecule has 4 heteroatoms. The molecule has 0 saturated heterocycles. The maximum Gasteiger partial charge on any atom is 0.133 e. The molecule has 20 heavy (non-hydrogen) atoms. The Hall–Kier alpha value is -1.68. The van der Waals surface area contributed by atoms with Gasteiger partial charge in [0.1, 0.15) is 11.5 Å². The Morgan fingerprint density at radius 3 is 2.25 bits per heavy atom. The molecule has 0 aliphatic carbocycles. The van der Waals surface area contributed by atoms with Gasteiger partial charge in [0.2, 0.25) is 0 Å². The number of nitrogens with one attached hydrogen (secondary N) is 1. The van der Waals surface area contributed by atoms with E-state index in [2.05, 4.69) is 40.3 Å². The van der Waals surface area contributed by atoms with Crippen molar-refractivity contribution >= 4 is 21.6 Å². The van der Waals surface area contributed by atoms with Crippen molar-refractivity contribution in [1.82, 2.24) is 0 Å². The number of anilines is 1. The van der Waals surface area contributed by atoms with Crippen molar-refractivity contribution in [3.05, 3.63) is 52.5 Å². The predicted molar refractivity (Wildman–Crippen MR) is 85.7 cm³/mol. The van der Waals surface area contributed by atoms with Crippen molar-refractivity contribution in [2.24, 2.45) is 0 Å². The number of benzene rings is 2. The highest BCUT2D eigenvalue weighted by Crippen LogP contribution is 2.29. The standard InChI is InChI=1S/C16H18BrNO2/c1-11(12-4-7-14(19-2)8-5-12)18-13-6-9-16(20-3)15(17)10-13/h4-11,18H,1-3H3. The molecule has 0 saturated carbocycles. The van der Waals surface area contributed by atoms with Crippen molar-refractivity contribution in [3.8, 4) is 11.5 Å². The molecule has 106 valence electrons. The maximum atomic E-state index is 5.23. The van der Waals surface area contributed by atoms with Crippen LogP contribution in [0.2, 0.25) is 0 Å². The second-order valence-electron chi connectivity index (χ2n) is 4.49. The van der Waals surface area contributed by atoms with E-state index in [0.717, 1.165) is 21.7 Å². The Balaban J connectivity index is 2.10. The molecule has 3 nitrogen and oxygen atoms in total. The Bertz CT molecular complexity index is 569. The molecule has 2 aromatic rings. The van der Waals surface area contributed by atoms with E-state index in [1.54, 1.807) is 14.2 Å². The van der Waals surface area contributed by atoms with Gasteiger partial charge in [-0.2, -0.15) is 0 Å². The first-order chi connectivity index (χ1) is 9.63. The quantitative estimate of drug-likeness (QED) is 0.863. The fourth-order valence-corrected chi connectivity index (χ4v) is 2.52. The summed E-state index contributed by atoms with van der Waals surface area (Å²) in [5, 5.41) is 3.46. The summed E-state index contributed by atoms with van der Waals surface area (Å²) in [6, 6.07) is 14.2. The molecule has 0 amide bonds. The highest BCUT2D eigenvalue weighted by molar-refractivity contribution is 9.10. The second-order valence-corrected chi connectivity index (χ2v) is 5.34. The summed E-state index contributed by atoms with van der Waals surface area (Å²) >= 11 is 3.49. The van der Waals surface area contributed by atoms with Crippen LogP contribution in [-0.2, 0) is 0 Å². The highest BCUT2D eigenvalue weighted by atomic mass is 79.9. The highest BCUT2D eigenvalue weighted by Gasteiger charge is 2.07. The minimum atomic E-state index is 0.209. The predicted octanol–water partition coefficient (Wildman–Crippen LogP) is 4.64. The number of ether oxygens (including phenoxy) is 2. The molecule has 2 rings (SSSR count). The molecule has 0 bridgehead atoms. The normalized spacial score (nSPS) is 11.8. The molecule has 0 aliphatic rings. The number of methoxy groups -OCH3 is 2. The topological polar surface area (TPSA) is 30.5 Å². The van der Waals surface area contributed by atoms with E-state index >= 15 is 0 Å². The lowest BCUT2D eigenvalue weighted by molar-refractivity contribution is 0.412. The van der Waals surface area contributed by atoms with Crippen LogP contribution in [0.3, 0.4) is 0 Å². The van der Waals surface area contributed by atoms with Gasteiger partial charge in [0.05, 0.1) is 18.7 Å². The zero-order chi connectivity index (χ0) is 14.5. The molecular weight excluding hydrogens is 318 g/mol. The first-order valence-corrected chi connectivity index (χ1v) is 7.17. The van der Waals surface area contributed by atoms with Gasteiger partial charge in [-0.1, -0.05) is 12.1 Å². The molecule has 0 fully saturated rings. The second kappa shape index (κ2) is 6.66. The van der Waals surface area contributed by atoms with Crippen molar-refractivity contribution in [2.75, 3.05) is 19.5 Å². The zero-order valence-corrected chi connectivity index (χ0v) is 13.4. The zero-order valence-electron chi connectivity index (χ0n) is 11.8. The van der Waals surface area contributed by atoms with E-state index in [4.69, 9.17) is 9.47 Å². The van der Waals surface area contributed by atoms with Crippen LogP contribution in [0.5, 0.6) is 11.5 Å². The summed E-state index contributed by atoms with van der Waals surface area (Å²) in [5.74, 6) is 1.70. The van der Waals surface area contributed by atoms with Gasteiger partial charge in [0.25, 0.3) is 0 Å². The minimum absolute atomic E-state index is 0.209. The van der Waals surface area contributed by atoms with Gasteiger partial charge in [-0.25, -0.2) is 0 Å². The minimum Gasteiger partial charge on any atom is -0.497 e. The van der Waals surface area contributed by atoms with Crippen molar-refractivity contribution < 1.29 is 9.47 Å². The van der Waals surface area contributed by atoms with Crippen molar-refractivity contribution in [2.45, 2.75) is 13.0 Å². The van der Waals surface area contributed by atoms with E-state index in [1.165, 1.54) is 5.56 Å². The third kappa shape index (κ3) is 3.45. The molecule has 0 heterocycles. The molecule has 2 aromatic carbocycles. The molecule has 1 N–H and O–H groups in total. The lowest BCUT2D eigenvalue weighted by Gasteiger charge is -2.17. The van der Waals surface area contributed by atoms with E-state index in [1.807, 2.05) is 30.3 Å². The first-order valence-electron chi connectivity index (χ1n) is 6.38. The van der Waals surface area contributed by atoms with Gasteiger partial charge in [-0.3, -0.25) is 0 Å². The molecule has 1 atom stereocenters. The number of rotatable bonds is 5. The third-order valence-corrected chi connectivity index (χ3v) is 3.77. The Labute approximate surface area is 128 Å². The Kier molecular flexibility index (Phi) is 4.90. The monoisotopic (exact) mass is 335 g/mol. The van der Waals surface area contributed by atoms with E-state index < -0.39 is 0 Å². The number of hydrogen-bond donors (Lipinski definition) is 1. The molecule has 0 spiro atoms. The largest absolute Gasteiger partial charge is 0.497 e. The van der Waals surface area contributed by atoms with E-state index in [9.17, 15) is 0 Å². The molecule has 0 aliphatic heterocycles.